The number of amides is 2. The van der Waals surface area contributed by atoms with E-state index in [0.29, 0.717) is 10.9 Å². The average molecular weight is 367 g/mol. The summed E-state index contributed by atoms with van der Waals surface area (Å²) in [6.07, 6.45) is 0. The van der Waals surface area contributed by atoms with E-state index < -0.39 is 24.2 Å². The number of carbonyl (C=O) groups is 2. The number of furan rings is 1. The minimum atomic E-state index is -0.728. The first kappa shape index (κ1) is 17.9. The summed E-state index contributed by atoms with van der Waals surface area (Å²) in [5, 5.41) is 9.44. The van der Waals surface area contributed by atoms with E-state index in [0.717, 1.165) is 0 Å². The molecule has 0 bridgehead atoms. The van der Waals surface area contributed by atoms with Crippen molar-refractivity contribution in [1.82, 2.24) is 10.9 Å². The topological polar surface area (TPSA) is 104 Å². The molecule has 2 amide bonds. The Balaban J connectivity index is 1.61. The first-order valence-corrected chi connectivity index (χ1v) is 7.90. The van der Waals surface area contributed by atoms with Gasteiger partial charge < -0.3 is 9.15 Å². The van der Waals surface area contributed by atoms with Crippen LogP contribution in [-0.2, 0) is 4.79 Å². The van der Waals surface area contributed by atoms with Gasteiger partial charge in [0.05, 0.1) is 5.56 Å². The lowest BCUT2D eigenvalue weighted by Gasteiger charge is -2.09. The van der Waals surface area contributed by atoms with Gasteiger partial charge in [-0.05, 0) is 25.1 Å². The van der Waals surface area contributed by atoms with Gasteiger partial charge in [-0.25, -0.2) is 4.39 Å². The Morgan fingerprint density at radius 3 is 2.70 bits per heavy atom. The van der Waals surface area contributed by atoms with Gasteiger partial charge in [-0.15, -0.1) is 0 Å². The zero-order valence-electron chi connectivity index (χ0n) is 14.2. The number of rotatable bonds is 4. The van der Waals surface area contributed by atoms with E-state index >= 15 is 0 Å². The molecule has 0 radical (unpaired) electrons. The molecular weight excluding hydrogens is 353 g/mol. The summed E-state index contributed by atoms with van der Waals surface area (Å²) in [5.74, 6) is -1.80. The number of benzene rings is 2. The minimum absolute atomic E-state index is 0.0251. The Labute approximate surface area is 153 Å². The molecule has 0 atom stereocenters. The predicted octanol–water partition coefficient (Wildman–Crippen LogP) is 2.59. The summed E-state index contributed by atoms with van der Waals surface area (Å²) < 4.78 is 24.3. The van der Waals surface area contributed by atoms with Crippen molar-refractivity contribution in [2.75, 3.05) is 6.61 Å². The number of nitrogens with zero attached hydrogens (tertiary/aromatic N) is 1. The highest BCUT2D eigenvalue weighted by atomic mass is 19.1. The van der Waals surface area contributed by atoms with E-state index in [9.17, 15) is 14.0 Å². The van der Waals surface area contributed by atoms with Crippen LogP contribution in [0.5, 0.6) is 5.75 Å². The third-order valence-electron chi connectivity index (χ3n) is 3.80. The average Bonchev–Trinajstić information content (AvgIpc) is 3.03. The van der Waals surface area contributed by atoms with Gasteiger partial charge in [0.1, 0.15) is 11.8 Å². The quantitative estimate of drug-likeness (QED) is 0.690. The molecule has 0 aliphatic rings. The number of ether oxygens (including phenoxy) is 1. The Hall–Kier alpha value is -3.86. The molecule has 0 fully saturated rings. The highest BCUT2D eigenvalue weighted by Crippen LogP contribution is 2.27. The van der Waals surface area contributed by atoms with E-state index in [-0.39, 0.29) is 22.7 Å². The monoisotopic (exact) mass is 367 g/mol. The van der Waals surface area contributed by atoms with Gasteiger partial charge in [0, 0.05) is 10.9 Å². The van der Waals surface area contributed by atoms with Gasteiger partial charge in [-0.3, -0.25) is 20.4 Å². The van der Waals surface area contributed by atoms with Gasteiger partial charge in [-0.1, -0.05) is 24.3 Å². The molecule has 3 rings (SSSR count). The van der Waals surface area contributed by atoms with Crippen LogP contribution >= 0.6 is 0 Å². The fourth-order valence-corrected chi connectivity index (χ4v) is 2.47. The highest BCUT2D eigenvalue weighted by molar-refractivity contribution is 5.99. The summed E-state index contributed by atoms with van der Waals surface area (Å²) in [7, 11) is 0. The Morgan fingerprint density at radius 2 is 1.96 bits per heavy atom. The van der Waals surface area contributed by atoms with E-state index in [1.54, 1.807) is 37.3 Å². The van der Waals surface area contributed by atoms with Crippen molar-refractivity contribution in [2.45, 2.75) is 6.92 Å². The number of halogens is 1. The van der Waals surface area contributed by atoms with Crippen molar-refractivity contribution >= 4 is 22.8 Å². The number of carbonyl (C=O) groups excluding carboxylic acids is 2. The van der Waals surface area contributed by atoms with E-state index in [1.165, 1.54) is 12.1 Å². The SMILES string of the molecule is Cc1c(C(=O)NNC(=O)COc2ccccc2C#N)oc2c(F)cccc12. The van der Waals surface area contributed by atoms with Crippen LogP contribution in [-0.4, -0.2) is 18.4 Å². The predicted molar refractivity (Wildman–Crippen MR) is 93.2 cm³/mol. The number of hydrazine groups is 1. The number of aryl methyl sites for hydroxylation is 1. The van der Waals surface area contributed by atoms with Crippen LogP contribution in [0.2, 0.25) is 0 Å². The van der Waals surface area contributed by atoms with Gasteiger partial charge in [-0.2, -0.15) is 5.26 Å². The molecule has 27 heavy (non-hydrogen) atoms. The molecule has 2 N–H and O–H groups in total. The zero-order valence-corrected chi connectivity index (χ0v) is 14.2. The fraction of sp³-hybridized carbons (Fsp3) is 0.105. The lowest BCUT2D eigenvalue weighted by Crippen LogP contribution is -2.43. The molecule has 0 spiro atoms. The zero-order chi connectivity index (χ0) is 19.4. The van der Waals surface area contributed by atoms with Crippen molar-refractivity contribution in [3.05, 3.63) is 65.2 Å². The highest BCUT2D eigenvalue weighted by Gasteiger charge is 2.20. The van der Waals surface area contributed by atoms with Crippen LogP contribution in [0.25, 0.3) is 11.0 Å². The maximum Gasteiger partial charge on any atom is 0.305 e. The van der Waals surface area contributed by atoms with Gasteiger partial charge in [0.15, 0.2) is 23.8 Å². The number of hydrogen-bond donors (Lipinski definition) is 2. The fourth-order valence-electron chi connectivity index (χ4n) is 2.47. The Morgan fingerprint density at radius 1 is 1.19 bits per heavy atom. The molecule has 3 aromatic rings. The first-order valence-electron chi connectivity index (χ1n) is 7.90. The molecule has 2 aromatic carbocycles. The summed E-state index contributed by atoms with van der Waals surface area (Å²) in [6.45, 7) is 1.21. The number of nitriles is 1. The molecule has 1 heterocycles. The number of hydrogen-bond acceptors (Lipinski definition) is 5. The lowest BCUT2D eigenvalue weighted by atomic mass is 10.1. The van der Waals surface area contributed by atoms with Crippen molar-refractivity contribution in [3.63, 3.8) is 0 Å². The summed E-state index contributed by atoms with van der Waals surface area (Å²) in [4.78, 5) is 24.0. The van der Waals surface area contributed by atoms with Gasteiger partial charge in [0.25, 0.3) is 5.91 Å². The molecule has 0 saturated carbocycles. The maximum atomic E-state index is 13.7. The van der Waals surface area contributed by atoms with Crippen molar-refractivity contribution in [2.24, 2.45) is 0 Å². The van der Waals surface area contributed by atoms with E-state index in [1.807, 2.05) is 6.07 Å². The van der Waals surface area contributed by atoms with Crippen molar-refractivity contribution < 1.29 is 23.1 Å². The Kier molecular flexibility index (Phi) is 5.04. The molecule has 1 aromatic heterocycles. The van der Waals surface area contributed by atoms with Gasteiger partial charge in [0.2, 0.25) is 0 Å². The third kappa shape index (κ3) is 3.72. The van der Waals surface area contributed by atoms with Gasteiger partial charge >= 0.3 is 5.91 Å². The number of fused-ring (bicyclic) bond motifs is 1. The standard InChI is InChI=1S/C19H14FN3O4/c1-11-13-6-4-7-14(20)18(13)27-17(11)19(25)23-22-16(24)10-26-15-8-3-2-5-12(15)9-21/h2-8H,10H2,1H3,(H,22,24)(H,23,25). The van der Waals surface area contributed by atoms with Crippen LogP contribution in [0.1, 0.15) is 21.7 Å². The first-order chi connectivity index (χ1) is 13.0. The minimum Gasteiger partial charge on any atom is -0.482 e. The van der Waals surface area contributed by atoms with Crippen molar-refractivity contribution in [1.29, 1.82) is 5.26 Å². The number of para-hydroxylation sites is 2. The Bertz CT molecular complexity index is 1070. The second kappa shape index (κ2) is 7.58. The normalized spacial score (nSPS) is 10.3. The lowest BCUT2D eigenvalue weighted by molar-refractivity contribution is -0.123. The molecule has 0 unspecified atom stereocenters. The molecule has 8 heteroatoms. The molecular formula is C19H14FN3O4. The molecule has 0 aliphatic heterocycles. The summed E-state index contributed by atoms with van der Waals surface area (Å²) in [6, 6.07) is 12.8. The maximum absolute atomic E-state index is 13.7. The smallest absolute Gasteiger partial charge is 0.305 e. The van der Waals surface area contributed by atoms with Crippen molar-refractivity contribution in [3.8, 4) is 11.8 Å². The van der Waals surface area contributed by atoms with Crippen LogP contribution < -0.4 is 15.6 Å². The molecule has 0 saturated heterocycles. The molecule has 136 valence electrons. The summed E-state index contributed by atoms with van der Waals surface area (Å²) in [5.41, 5.74) is 5.08. The number of nitrogens with one attached hydrogen (secondary N) is 2. The second-order valence-corrected chi connectivity index (χ2v) is 5.57. The summed E-state index contributed by atoms with van der Waals surface area (Å²) >= 11 is 0. The van der Waals surface area contributed by atoms with Crippen LogP contribution in [0.3, 0.4) is 0 Å². The third-order valence-corrected chi connectivity index (χ3v) is 3.80. The second-order valence-electron chi connectivity index (χ2n) is 5.57. The van der Waals surface area contributed by atoms with E-state index in [4.69, 9.17) is 14.4 Å². The molecule has 0 aliphatic carbocycles. The van der Waals surface area contributed by atoms with Crippen LogP contribution in [0.15, 0.2) is 46.9 Å². The molecule has 7 nitrogen and oxygen atoms in total. The largest absolute Gasteiger partial charge is 0.482 e. The van der Waals surface area contributed by atoms with Crippen LogP contribution in [0.4, 0.5) is 4.39 Å². The van der Waals surface area contributed by atoms with Crippen LogP contribution in [0, 0.1) is 24.1 Å². The van der Waals surface area contributed by atoms with E-state index in [2.05, 4.69) is 10.9 Å².